The maximum atomic E-state index is 13.4. The maximum absolute atomic E-state index is 13.4. The molecule has 2 heterocycles. The number of aliphatic hydroxyl groups is 2. The van der Waals surface area contributed by atoms with Gasteiger partial charge in [-0.2, -0.15) is 13.2 Å². The fourth-order valence-electron chi connectivity index (χ4n) is 5.06. The first-order valence-electron chi connectivity index (χ1n) is 11.7. The van der Waals surface area contributed by atoms with Crippen molar-refractivity contribution in [3.63, 3.8) is 0 Å². The van der Waals surface area contributed by atoms with Gasteiger partial charge >= 0.3 is 17.8 Å². The first-order chi connectivity index (χ1) is 15.9. The van der Waals surface area contributed by atoms with Crippen molar-refractivity contribution in [2.75, 3.05) is 0 Å². The standard InChI is InChI=1S/C23H38F3N3O6Si/c1-13-11-29(18(34)27-15(13)31)21(8)10-14(30)22(35-21,28-16(32)23(24,25)26)17(33)36(9,20(5,6)7)12-19(2,3)4/h11,14,17,30,33H,10,12H2,1-9H3,(H,28,32)(H,27,31,34)/t14-,17?,21+,22-,36?/m0/s1. The predicted molar refractivity (Wildman–Crippen MR) is 130 cm³/mol. The lowest BCUT2D eigenvalue weighted by Crippen LogP contribution is -2.73. The van der Waals surface area contributed by atoms with Gasteiger partial charge in [0, 0.05) is 18.2 Å². The molecule has 5 atom stereocenters. The maximum Gasteiger partial charge on any atom is 0.471 e. The van der Waals surface area contributed by atoms with Crippen LogP contribution < -0.4 is 16.6 Å². The lowest BCUT2D eigenvalue weighted by molar-refractivity contribution is -0.217. The van der Waals surface area contributed by atoms with Crippen molar-refractivity contribution in [2.24, 2.45) is 5.41 Å². The van der Waals surface area contributed by atoms with Gasteiger partial charge in [0.1, 0.15) is 6.10 Å². The van der Waals surface area contributed by atoms with Crippen molar-refractivity contribution in [3.8, 4) is 0 Å². The highest BCUT2D eigenvalue weighted by Gasteiger charge is 2.67. The molecule has 0 saturated carbocycles. The van der Waals surface area contributed by atoms with Gasteiger partial charge in [-0.1, -0.05) is 48.1 Å². The fraction of sp³-hybridized carbons (Fsp3) is 0.783. The topological polar surface area (TPSA) is 134 Å². The van der Waals surface area contributed by atoms with Crippen LogP contribution in [0, 0.1) is 12.3 Å². The van der Waals surface area contributed by atoms with E-state index in [4.69, 9.17) is 4.74 Å². The summed E-state index contributed by atoms with van der Waals surface area (Å²) in [5, 5.41) is 24.3. The summed E-state index contributed by atoms with van der Waals surface area (Å²) in [4.78, 5) is 38.8. The number of H-pyrrole nitrogens is 1. The number of amides is 1. The Labute approximate surface area is 209 Å². The van der Waals surface area contributed by atoms with Crippen LogP contribution in [-0.4, -0.2) is 57.5 Å². The van der Waals surface area contributed by atoms with Crippen LogP contribution in [0.15, 0.2) is 15.8 Å². The molecule has 1 aliphatic heterocycles. The molecule has 0 spiro atoms. The Morgan fingerprint density at radius 2 is 1.81 bits per heavy atom. The van der Waals surface area contributed by atoms with Crippen molar-refractivity contribution in [1.82, 2.24) is 14.9 Å². The third kappa shape index (κ3) is 5.48. The molecule has 0 aliphatic carbocycles. The second kappa shape index (κ2) is 9.10. The number of aryl methyl sites for hydroxylation is 1. The molecule has 1 aromatic rings. The lowest BCUT2D eigenvalue weighted by Gasteiger charge is -2.52. The van der Waals surface area contributed by atoms with E-state index >= 15 is 0 Å². The number of carbonyl (C=O) groups excluding carboxylic acids is 1. The van der Waals surface area contributed by atoms with Crippen LogP contribution in [0.4, 0.5) is 13.2 Å². The summed E-state index contributed by atoms with van der Waals surface area (Å²) in [6.45, 7) is 15.9. The molecule has 2 rings (SSSR count). The number of alkyl halides is 3. The minimum Gasteiger partial charge on any atom is -0.391 e. The third-order valence-electron chi connectivity index (χ3n) is 7.27. The Balaban J connectivity index is 2.79. The van der Waals surface area contributed by atoms with Crippen molar-refractivity contribution in [3.05, 3.63) is 32.6 Å². The zero-order valence-electron chi connectivity index (χ0n) is 22.3. The molecule has 1 aliphatic rings. The van der Waals surface area contributed by atoms with Gasteiger partial charge in [-0.05, 0) is 30.3 Å². The van der Waals surface area contributed by atoms with Gasteiger partial charge in [0.25, 0.3) is 5.56 Å². The molecule has 0 radical (unpaired) electrons. The molecule has 9 nitrogen and oxygen atoms in total. The molecular weight excluding hydrogens is 499 g/mol. The second-order valence-corrected chi connectivity index (χ2v) is 17.7. The highest BCUT2D eigenvalue weighted by Crippen LogP contribution is 2.52. The molecule has 36 heavy (non-hydrogen) atoms. The fourth-order valence-corrected chi connectivity index (χ4v) is 10.1. The highest BCUT2D eigenvalue weighted by atomic mass is 28.3. The number of hydrogen-bond acceptors (Lipinski definition) is 6. The first kappa shape index (κ1) is 30.3. The quantitative estimate of drug-likeness (QED) is 0.427. The van der Waals surface area contributed by atoms with Crippen molar-refractivity contribution in [1.29, 1.82) is 0 Å². The molecule has 0 bridgehead atoms. The number of aliphatic hydroxyl groups excluding tert-OH is 2. The summed E-state index contributed by atoms with van der Waals surface area (Å²) in [7, 11) is -3.15. The number of carbonyl (C=O) groups is 1. The van der Waals surface area contributed by atoms with E-state index in [2.05, 4.69) is 4.98 Å². The largest absolute Gasteiger partial charge is 0.471 e. The van der Waals surface area contributed by atoms with Crippen LogP contribution in [0.5, 0.6) is 0 Å². The van der Waals surface area contributed by atoms with Crippen LogP contribution >= 0.6 is 0 Å². The molecule has 13 heteroatoms. The second-order valence-electron chi connectivity index (χ2n) is 12.5. The van der Waals surface area contributed by atoms with E-state index in [-0.39, 0.29) is 11.0 Å². The molecule has 0 aromatic carbocycles. The lowest BCUT2D eigenvalue weighted by atomic mass is 10.0. The van der Waals surface area contributed by atoms with Gasteiger partial charge in [0.05, 0.1) is 13.8 Å². The summed E-state index contributed by atoms with van der Waals surface area (Å²) >= 11 is 0. The van der Waals surface area contributed by atoms with Gasteiger partial charge in [0.2, 0.25) is 0 Å². The summed E-state index contributed by atoms with van der Waals surface area (Å²) in [6.07, 6.45) is -6.43. The van der Waals surface area contributed by atoms with Crippen molar-refractivity contribution < 1.29 is 32.9 Å². The van der Waals surface area contributed by atoms with Crippen LogP contribution in [0.2, 0.25) is 17.6 Å². The van der Waals surface area contributed by atoms with Gasteiger partial charge in [-0.25, -0.2) is 4.79 Å². The number of nitrogens with one attached hydrogen (secondary N) is 2. The molecule has 1 aromatic heterocycles. The van der Waals surface area contributed by atoms with E-state index in [1.54, 1.807) is 11.9 Å². The van der Waals surface area contributed by atoms with E-state index in [0.29, 0.717) is 6.04 Å². The summed E-state index contributed by atoms with van der Waals surface area (Å²) in [5.74, 6) is -2.39. The van der Waals surface area contributed by atoms with Gasteiger partial charge in [0.15, 0.2) is 11.4 Å². The normalized spacial score (nSPS) is 28.0. The average molecular weight is 538 g/mol. The molecule has 206 valence electrons. The molecule has 4 N–H and O–H groups in total. The minimum atomic E-state index is -5.33. The highest BCUT2D eigenvalue weighted by molar-refractivity contribution is 6.82. The zero-order chi connectivity index (χ0) is 28.3. The smallest absolute Gasteiger partial charge is 0.391 e. The Morgan fingerprint density at radius 1 is 1.28 bits per heavy atom. The van der Waals surface area contributed by atoms with Gasteiger partial charge in [-0.15, -0.1) is 0 Å². The number of ether oxygens (including phenoxy) is 1. The van der Waals surface area contributed by atoms with E-state index in [1.165, 1.54) is 13.8 Å². The predicted octanol–water partition coefficient (Wildman–Crippen LogP) is 2.50. The number of aromatic amines is 1. The van der Waals surface area contributed by atoms with E-state index in [9.17, 15) is 37.8 Å². The number of aromatic nitrogens is 2. The number of halogens is 3. The number of nitrogens with zero attached hydrogens (tertiary/aromatic N) is 1. The Hall–Kier alpha value is -1.96. The minimum absolute atomic E-state index is 0.118. The summed E-state index contributed by atoms with van der Waals surface area (Å²) in [6, 6.07) is 0.415. The Bertz CT molecular complexity index is 1120. The van der Waals surface area contributed by atoms with Gasteiger partial charge in [-0.3, -0.25) is 19.1 Å². The Kier molecular flexibility index (Phi) is 7.65. The molecule has 1 saturated heterocycles. The van der Waals surface area contributed by atoms with Crippen LogP contribution in [-0.2, 0) is 15.3 Å². The monoisotopic (exact) mass is 537 g/mol. The van der Waals surface area contributed by atoms with Crippen molar-refractivity contribution in [2.45, 2.75) is 109 Å². The van der Waals surface area contributed by atoms with Gasteiger partial charge < -0.3 is 20.3 Å². The van der Waals surface area contributed by atoms with Crippen molar-refractivity contribution >= 4 is 14.0 Å². The zero-order valence-corrected chi connectivity index (χ0v) is 23.3. The van der Waals surface area contributed by atoms with Crippen LogP contribution in [0.3, 0.4) is 0 Å². The van der Waals surface area contributed by atoms with E-state index < -0.39 is 66.1 Å². The number of rotatable bonds is 5. The Morgan fingerprint density at radius 3 is 2.25 bits per heavy atom. The molecular formula is C23H38F3N3O6Si. The molecule has 1 fully saturated rings. The van der Waals surface area contributed by atoms with E-state index in [1.807, 2.05) is 41.5 Å². The summed E-state index contributed by atoms with van der Waals surface area (Å²) in [5.41, 5.74) is -7.92. The van der Waals surface area contributed by atoms with E-state index in [0.717, 1.165) is 10.8 Å². The molecule has 2 unspecified atom stereocenters. The molecule has 1 amide bonds. The summed E-state index contributed by atoms with van der Waals surface area (Å²) < 4.78 is 47.3. The van der Waals surface area contributed by atoms with Crippen LogP contribution in [0.1, 0.15) is 60.5 Å². The SMILES string of the molecule is Cc1cn([C@@]2(C)C[C@H](O)[C@@](NC(=O)C(F)(F)F)(C(O)[Si](C)(CC(C)(C)C)C(C)(C)C)O2)c(=O)[nH]c1=O. The average Bonchev–Trinajstić information content (AvgIpc) is 2.92. The first-order valence-corrected chi connectivity index (χ1v) is 14.5. The number of hydrogen-bond donors (Lipinski definition) is 4. The third-order valence-corrected chi connectivity index (χ3v) is 14.1. The van der Waals surface area contributed by atoms with Crippen LogP contribution in [0.25, 0.3) is 0 Å².